The normalized spacial score (nSPS) is 10.7. The molecular weight excluding hydrogens is 347 g/mol. The number of ether oxygens (including phenoxy) is 1. The van der Waals surface area contributed by atoms with Crippen LogP contribution in [-0.4, -0.2) is 19.2 Å². The number of nitrogens with zero attached hydrogens (tertiary/aromatic N) is 1. The van der Waals surface area contributed by atoms with Crippen molar-refractivity contribution in [3.63, 3.8) is 0 Å². The summed E-state index contributed by atoms with van der Waals surface area (Å²) in [6.07, 6.45) is 1.44. The van der Waals surface area contributed by atoms with Crippen molar-refractivity contribution in [3.8, 4) is 5.75 Å². The lowest BCUT2D eigenvalue weighted by Gasteiger charge is -2.09. The van der Waals surface area contributed by atoms with Crippen molar-refractivity contribution in [2.75, 3.05) is 7.11 Å². The minimum atomic E-state index is -0.496. The molecule has 0 spiro atoms. The van der Waals surface area contributed by atoms with E-state index >= 15 is 0 Å². The van der Waals surface area contributed by atoms with Crippen LogP contribution in [-0.2, 0) is 0 Å². The van der Waals surface area contributed by atoms with Crippen molar-refractivity contribution in [1.82, 2.24) is 5.43 Å². The van der Waals surface area contributed by atoms with E-state index in [9.17, 15) is 4.79 Å². The van der Waals surface area contributed by atoms with Crippen LogP contribution in [0.15, 0.2) is 41.5 Å². The Hall–Kier alpha value is -1.75. The van der Waals surface area contributed by atoms with Gasteiger partial charge in [-0.25, -0.2) is 5.43 Å². The zero-order chi connectivity index (χ0) is 16.1. The number of hydrazone groups is 1. The summed E-state index contributed by atoms with van der Waals surface area (Å²) in [5, 5.41) is 4.96. The van der Waals surface area contributed by atoms with Crippen molar-refractivity contribution in [2.45, 2.75) is 0 Å². The third-order valence-electron chi connectivity index (χ3n) is 2.73. The van der Waals surface area contributed by atoms with E-state index in [2.05, 4.69) is 10.5 Å². The van der Waals surface area contributed by atoms with E-state index in [1.807, 2.05) is 6.07 Å². The fourth-order valence-electron chi connectivity index (χ4n) is 1.74. The van der Waals surface area contributed by atoms with Crippen LogP contribution in [0, 0.1) is 0 Å². The number of carbonyl (C=O) groups excluding carboxylic acids is 1. The molecule has 0 aromatic heterocycles. The first-order valence-corrected chi connectivity index (χ1v) is 7.27. The molecule has 22 heavy (non-hydrogen) atoms. The molecule has 0 unspecified atom stereocenters. The van der Waals surface area contributed by atoms with Crippen molar-refractivity contribution >= 4 is 46.9 Å². The molecule has 0 aliphatic heterocycles. The summed E-state index contributed by atoms with van der Waals surface area (Å²) in [5.74, 6) is -0.263. The van der Waals surface area contributed by atoms with Gasteiger partial charge in [0.1, 0.15) is 5.75 Å². The number of methoxy groups -OCH3 is 1. The molecule has 2 aromatic carbocycles. The van der Waals surface area contributed by atoms with Crippen LogP contribution in [0.2, 0.25) is 15.1 Å². The average Bonchev–Trinajstić information content (AvgIpc) is 2.48. The van der Waals surface area contributed by atoms with Crippen LogP contribution < -0.4 is 10.2 Å². The Morgan fingerprint density at radius 1 is 1.18 bits per heavy atom. The molecule has 0 fully saturated rings. The number of benzene rings is 2. The van der Waals surface area contributed by atoms with Crippen LogP contribution in [0.4, 0.5) is 0 Å². The van der Waals surface area contributed by atoms with Crippen LogP contribution in [0.3, 0.4) is 0 Å². The van der Waals surface area contributed by atoms with Gasteiger partial charge in [0, 0.05) is 15.6 Å². The predicted octanol–water partition coefficient (Wildman–Crippen LogP) is 4.42. The van der Waals surface area contributed by atoms with Crippen LogP contribution in [0.5, 0.6) is 5.75 Å². The minimum Gasteiger partial charge on any atom is -0.494 e. The van der Waals surface area contributed by atoms with Gasteiger partial charge in [-0.15, -0.1) is 0 Å². The van der Waals surface area contributed by atoms with Crippen molar-refractivity contribution in [3.05, 3.63) is 62.6 Å². The second kappa shape index (κ2) is 7.49. The van der Waals surface area contributed by atoms with E-state index in [1.165, 1.54) is 25.5 Å². The number of carbonyl (C=O) groups is 1. The summed E-state index contributed by atoms with van der Waals surface area (Å²) in [6.45, 7) is 0. The maximum Gasteiger partial charge on any atom is 0.275 e. The molecule has 0 bridgehead atoms. The van der Waals surface area contributed by atoms with Crippen LogP contribution >= 0.6 is 34.8 Å². The molecular formula is C15H11Cl3N2O2. The van der Waals surface area contributed by atoms with Crippen molar-refractivity contribution < 1.29 is 9.53 Å². The number of halogens is 3. The minimum absolute atomic E-state index is 0.191. The summed E-state index contributed by atoms with van der Waals surface area (Å²) in [4.78, 5) is 12.1. The SMILES string of the molecule is COc1c(Cl)cc(Cl)cc1C(=O)N/N=C\c1ccccc1Cl. The molecule has 0 saturated carbocycles. The van der Waals surface area contributed by atoms with Crippen LogP contribution in [0.25, 0.3) is 0 Å². The first kappa shape index (κ1) is 16.6. The molecule has 114 valence electrons. The van der Waals surface area contributed by atoms with Gasteiger partial charge in [-0.05, 0) is 18.2 Å². The summed E-state index contributed by atoms with van der Waals surface area (Å²) >= 11 is 17.9. The quantitative estimate of drug-likeness (QED) is 0.650. The van der Waals surface area contributed by atoms with E-state index in [0.29, 0.717) is 15.6 Å². The van der Waals surface area contributed by atoms with Gasteiger partial charge >= 0.3 is 0 Å². The largest absolute Gasteiger partial charge is 0.494 e. The lowest BCUT2D eigenvalue weighted by Crippen LogP contribution is -2.18. The number of hydrogen-bond donors (Lipinski definition) is 1. The third kappa shape index (κ3) is 3.91. The molecule has 0 atom stereocenters. The Kier molecular flexibility index (Phi) is 5.66. The van der Waals surface area contributed by atoms with Gasteiger partial charge in [0.25, 0.3) is 5.91 Å². The maximum absolute atomic E-state index is 12.1. The van der Waals surface area contributed by atoms with Crippen LogP contribution in [0.1, 0.15) is 15.9 Å². The van der Waals surface area contributed by atoms with Gasteiger partial charge in [-0.1, -0.05) is 53.0 Å². The first-order chi connectivity index (χ1) is 10.5. The number of nitrogens with one attached hydrogen (secondary N) is 1. The standard InChI is InChI=1S/C15H11Cl3N2O2/c1-22-14-11(6-10(16)7-13(14)18)15(21)20-19-8-9-4-2-3-5-12(9)17/h2-8H,1H3,(H,20,21)/b19-8-. The molecule has 0 saturated heterocycles. The molecule has 0 heterocycles. The monoisotopic (exact) mass is 356 g/mol. The number of amides is 1. The maximum atomic E-state index is 12.1. The molecule has 2 rings (SSSR count). The molecule has 0 aliphatic carbocycles. The highest BCUT2D eigenvalue weighted by Gasteiger charge is 2.16. The summed E-state index contributed by atoms with van der Waals surface area (Å²) in [5.41, 5.74) is 3.25. The number of hydrogen-bond acceptors (Lipinski definition) is 3. The molecule has 1 amide bonds. The van der Waals surface area contributed by atoms with Crippen molar-refractivity contribution in [2.24, 2.45) is 5.10 Å². The molecule has 0 aliphatic rings. The lowest BCUT2D eigenvalue weighted by atomic mass is 10.2. The Morgan fingerprint density at radius 3 is 2.59 bits per heavy atom. The fraction of sp³-hybridized carbons (Fsp3) is 0.0667. The zero-order valence-corrected chi connectivity index (χ0v) is 13.7. The van der Waals surface area contributed by atoms with Crippen molar-refractivity contribution in [1.29, 1.82) is 0 Å². The summed E-state index contributed by atoms with van der Waals surface area (Å²) < 4.78 is 5.11. The number of rotatable bonds is 4. The molecule has 1 N–H and O–H groups in total. The van der Waals surface area contributed by atoms with E-state index < -0.39 is 5.91 Å². The average molecular weight is 358 g/mol. The Balaban J connectivity index is 2.18. The van der Waals surface area contributed by atoms with E-state index in [-0.39, 0.29) is 16.3 Å². The second-order valence-electron chi connectivity index (χ2n) is 4.19. The highest BCUT2D eigenvalue weighted by Crippen LogP contribution is 2.32. The van der Waals surface area contributed by atoms with Gasteiger partial charge in [-0.2, -0.15) is 5.10 Å². The summed E-state index contributed by atoms with van der Waals surface area (Å²) in [7, 11) is 1.42. The Labute approximate surface area is 142 Å². The first-order valence-electron chi connectivity index (χ1n) is 6.14. The highest BCUT2D eigenvalue weighted by molar-refractivity contribution is 6.36. The predicted molar refractivity (Wildman–Crippen MR) is 89.5 cm³/mol. The molecule has 0 radical (unpaired) electrons. The van der Waals surface area contributed by atoms with Gasteiger partial charge in [0.05, 0.1) is 23.9 Å². The Morgan fingerprint density at radius 2 is 1.91 bits per heavy atom. The fourth-order valence-corrected chi connectivity index (χ4v) is 2.49. The van der Waals surface area contributed by atoms with Gasteiger partial charge in [-0.3, -0.25) is 4.79 Å². The smallest absolute Gasteiger partial charge is 0.275 e. The van der Waals surface area contributed by atoms with E-state index in [4.69, 9.17) is 39.5 Å². The zero-order valence-electron chi connectivity index (χ0n) is 11.4. The lowest BCUT2D eigenvalue weighted by molar-refractivity contribution is 0.0952. The van der Waals surface area contributed by atoms with Gasteiger partial charge in [0.15, 0.2) is 0 Å². The third-order valence-corrected chi connectivity index (χ3v) is 3.58. The molecule has 2 aromatic rings. The molecule has 4 nitrogen and oxygen atoms in total. The topological polar surface area (TPSA) is 50.7 Å². The Bertz CT molecular complexity index is 733. The highest BCUT2D eigenvalue weighted by atomic mass is 35.5. The van der Waals surface area contributed by atoms with Gasteiger partial charge in [0.2, 0.25) is 0 Å². The summed E-state index contributed by atoms with van der Waals surface area (Å²) in [6, 6.07) is 10.1. The molecule has 7 heteroatoms. The van der Waals surface area contributed by atoms with Gasteiger partial charge < -0.3 is 4.74 Å². The van der Waals surface area contributed by atoms with E-state index in [1.54, 1.807) is 18.2 Å². The van der Waals surface area contributed by atoms with E-state index in [0.717, 1.165) is 0 Å². The second-order valence-corrected chi connectivity index (χ2v) is 5.44.